The van der Waals surface area contributed by atoms with Crippen LogP contribution in [0.3, 0.4) is 0 Å². The van der Waals surface area contributed by atoms with Crippen LogP contribution in [0.5, 0.6) is 0 Å². The third-order valence-electron chi connectivity index (χ3n) is 5.64. The molecule has 1 fully saturated rings. The molecule has 1 aliphatic rings. The van der Waals surface area contributed by atoms with Gasteiger partial charge in [0.05, 0.1) is 6.61 Å². The Balaban J connectivity index is 1.51. The van der Waals surface area contributed by atoms with Crippen molar-refractivity contribution < 1.29 is 25.2 Å². The molecule has 0 aliphatic carbocycles. The Bertz CT molecular complexity index is 955. The van der Waals surface area contributed by atoms with Gasteiger partial charge in [0.25, 0.3) is 0 Å². The second-order valence-corrected chi connectivity index (χ2v) is 7.73. The van der Waals surface area contributed by atoms with Crippen LogP contribution in [0.4, 0.5) is 0 Å². The molecule has 0 aromatic heterocycles. The van der Waals surface area contributed by atoms with E-state index in [2.05, 4.69) is 36.4 Å². The molecule has 5 heteroatoms. The quantitative estimate of drug-likeness (QED) is 0.523. The van der Waals surface area contributed by atoms with E-state index >= 15 is 0 Å². The summed E-state index contributed by atoms with van der Waals surface area (Å²) < 4.78 is 5.68. The molecule has 156 valence electrons. The lowest BCUT2D eigenvalue weighted by molar-refractivity contribution is -0.231. The fourth-order valence-corrected chi connectivity index (χ4v) is 3.94. The van der Waals surface area contributed by atoms with Gasteiger partial charge in [-0.25, -0.2) is 0 Å². The van der Waals surface area contributed by atoms with Crippen molar-refractivity contribution in [1.29, 1.82) is 0 Å². The molecular formula is C25H26O5. The minimum Gasteiger partial charge on any atom is -0.394 e. The maximum atomic E-state index is 10.4. The molecule has 4 rings (SSSR count). The van der Waals surface area contributed by atoms with E-state index in [1.165, 1.54) is 5.56 Å². The maximum absolute atomic E-state index is 10.4. The largest absolute Gasteiger partial charge is 0.394 e. The number of aliphatic hydroxyl groups excluding tert-OH is 4. The van der Waals surface area contributed by atoms with Crippen molar-refractivity contribution in [2.24, 2.45) is 0 Å². The fraction of sp³-hybridized carbons (Fsp3) is 0.280. The maximum Gasteiger partial charge on any atom is 0.113 e. The minimum absolute atomic E-state index is 0.436. The fourth-order valence-electron chi connectivity index (χ4n) is 3.94. The van der Waals surface area contributed by atoms with Crippen LogP contribution in [0.15, 0.2) is 78.9 Å². The Morgan fingerprint density at radius 1 is 0.667 bits per heavy atom. The molecule has 1 saturated heterocycles. The zero-order chi connectivity index (χ0) is 21.1. The number of ether oxygens (including phenoxy) is 1. The van der Waals surface area contributed by atoms with E-state index in [1.54, 1.807) is 0 Å². The first-order valence-corrected chi connectivity index (χ1v) is 10.1. The van der Waals surface area contributed by atoms with E-state index < -0.39 is 37.1 Å². The number of benzene rings is 3. The van der Waals surface area contributed by atoms with Gasteiger partial charge in [0, 0.05) is 0 Å². The molecule has 3 aromatic carbocycles. The number of hydrogen-bond donors (Lipinski definition) is 4. The van der Waals surface area contributed by atoms with Gasteiger partial charge in [-0.15, -0.1) is 0 Å². The van der Waals surface area contributed by atoms with Gasteiger partial charge in [0.1, 0.15) is 30.5 Å². The van der Waals surface area contributed by atoms with Crippen molar-refractivity contribution in [2.45, 2.75) is 36.9 Å². The molecule has 0 bridgehead atoms. The van der Waals surface area contributed by atoms with Crippen LogP contribution in [0, 0.1) is 0 Å². The molecule has 5 nitrogen and oxygen atoms in total. The summed E-state index contributed by atoms with van der Waals surface area (Å²) in [7, 11) is 0. The molecule has 0 radical (unpaired) electrons. The van der Waals surface area contributed by atoms with Crippen molar-refractivity contribution in [3.05, 3.63) is 95.6 Å². The van der Waals surface area contributed by atoms with Gasteiger partial charge in [-0.2, -0.15) is 0 Å². The average molecular weight is 406 g/mol. The summed E-state index contributed by atoms with van der Waals surface area (Å²) in [5.41, 5.74) is 5.23. The highest BCUT2D eigenvalue weighted by Gasteiger charge is 2.43. The molecule has 3 aromatic rings. The topological polar surface area (TPSA) is 90.2 Å². The first-order valence-electron chi connectivity index (χ1n) is 10.1. The molecule has 1 aliphatic heterocycles. The van der Waals surface area contributed by atoms with Crippen LogP contribution in [0.25, 0.3) is 11.1 Å². The van der Waals surface area contributed by atoms with Gasteiger partial charge in [-0.1, -0.05) is 78.9 Å². The van der Waals surface area contributed by atoms with Gasteiger partial charge >= 0.3 is 0 Å². The summed E-state index contributed by atoms with van der Waals surface area (Å²) in [6.07, 6.45) is -5.03. The van der Waals surface area contributed by atoms with Gasteiger partial charge in [0.15, 0.2) is 0 Å². The zero-order valence-corrected chi connectivity index (χ0v) is 16.5. The normalized spacial score (nSPS) is 26.5. The van der Waals surface area contributed by atoms with Crippen LogP contribution in [-0.4, -0.2) is 51.4 Å². The van der Waals surface area contributed by atoms with E-state index in [0.717, 1.165) is 16.7 Å². The Hall–Kier alpha value is -2.54. The number of hydrogen-bond acceptors (Lipinski definition) is 5. The van der Waals surface area contributed by atoms with E-state index in [4.69, 9.17) is 4.74 Å². The van der Waals surface area contributed by atoms with Crippen molar-refractivity contribution >= 4 is 0 Å². The van der Waals surface area contributed by atoms with Gasteiger partial charge in [-0.05, 0) is 34.2 Å². The van der Waals surface area contributed by atoms with E-state index in [0.29, 0.717) is 12.0 Å². The predicted molar refractivity (Wildman–Crippen MR) is 114 cm³/mol. The first-order chi connectivity index (χ1) is 14.6. The first kappa shape index (κ1) is 20.7. The molecule has 0 saturated carbocycles. The Kier molecular flexibility index (Phi) is 6.27. The van der Waals surface area contributed by atoms with Crippen LogP contribution >= 0.6 is 0 Å². The zero-order valence-electron chi connectivity index (χ0n) is 16.5. The van der Waals surface area contributed by atoms with Gasteiger partial charge in [-0.3, -0.25) is 0 Å². The number of rotatable bonds is 5. The summed E-state index contributed by atoms with van der Waals surface area (Å²) in [6.45, 7) is -0.436. The Morgan fingerprint density at radius 2 is 1.37 bits per heavy atom. The van der Waals surface area contributed by atoms with Crippen LogP contribution in [0.1, 0.15) is 22.8 Å². The van der Waals surface area contributed by atoms with E-state index in [1.807, 2.05) is 42.5 Å². The Morgan fingerprint density at radius 3 is 2.07 bits per heavy atom. The average Bonchev–Trinajstić information content (AvgIpc) is 2.79. The van der Waals surface area contributed by atoms with Gasteiger partial charge in [0.2, 0.25) is 0 Å². The lowest BCUT2D eigenvalue weighted by Crippen LogP contribution is -2.55. The third kappa shape index (κ3) is 4.31. The second kappa shape index (κ2) is 9.08. The minimum atomic E-state index is -1.38. The lowest BCUT2D eigenvalue weighted by Gasteiger charge is -2.40. The summed E-state index contributed by atoms with van der Waals surface area (Å²) >= 11 is 0. The summed E-state index contributed by atoms with van der Waals surface area (Å²) in [5, 5.41) is 39.8. The smallest absolute Gasteiger partial charge is 0.113 e. The predicted octanol–water partition coefficient (Wildman–Crippen LogP) is 2.46. The molecule has 0 spiro atoms. The van der Waals surface area contributed by atoms with Crippen LogP contribution in [-0.2, 0) is 11.2 Å². The molecule has 5 atom stereocenters. The molecule has 0 unspecified atom stereocenters. The van der Waals surface area contributed by atoms with E-state index in [-0.39, 0.29) is 0 Å². The van der Waals surface area contributed by atoms with Crippen molar-refractivity contribution in [3.8, 4) is 11.1 Å². The summed E-state index contributed by atoms with van der Waals surface area (Å²) in [5.74, 6) is 0. The standard InChI is InChI=1S/C25H26O5/c26-15-21-22(27)23(28)24(29)25(30-21)20-8-4-5-17(14-20)13-16-9-11-19(12-10-16)18-6-2-1-3-7-18/h1-12,14,21-29H,13,15H2/t21-,22-,23+,24-,25+/m1/s1. The summed E-state index contributed by atoms with van der Waals surface area (Å²) in [4.78, 5) is 0. The van der Waals surface area contributed by atoms with Crippen molar-refractivity contribution in [2.75, 3.05) is 6.61 Å². The lowest BCUT2D eigenvalue weighted by atomic mass is 9.90. The highest BCUT2D eigenvalue weighted by molar-refractivity contribution is 5.63. The molecule has 30 heavy (non-hydrogen) atoms. The molecule has 4 N–H and O–H groups in total. The van der Waals surface area contributed by atoms with Gasteiger partial charge < -0.3 is 25.2 Å². The monoisotopic (exact) mass is 406 g/mol. The van der Waals surface area contributed by atoms with Crippen LogP contribution < -0.4 is 0 Å². The molecule has 1 heterocycles. The summed E-state index contributed by atoms with van der Waals surface area (Å²) in [6, 6.07) is 26.2. The highest BCUT2D eigenvalue weighted by Crippen LogP contribution is 2.33. The molecular weight excluding hydrogens is 380 g/mol. The Labute approximate surface area is 175 Å². The SMILES string of the molecule is OC[C@H]1O[C@@H](c2cccc(Cc3ccc(-c4ccccc4)cc3)c2)[C@H](O)[C@@H](O)[C@@H]1O. The van der Waals surface area contributed by atoms with E-state index in [9.17, 15) is 20.4 Å². The van der Waals surface area contributed by atoms with Crippen molar-refractivity contribution in [3.63, 3.8) is 0 Å². The van der Waals surface area contributed by atoms with Crippen LogP contribution in [0.2, 0.25) is 0 Å². The third-order valence-corrected chi connectivity index (χ3v) is 5.64. The van der Waals surface area contributed by atoms with Crippen molar-refractivity contribution in [1.82, 2.24) is 0 Å². The molecule has 0 amide bonds. The highest BCUT2D eigenvalue weighted by atomic mass is 16.5. The number of aliphatic hydroxyl groups is 4. The second-order valence-electron chi connectivity index (χ2n) is 7.73.